The number of carbonyl (C=O) groups is 1. The summed E-state index contributed by atoms with van der Waals surface area (Å²) in [6.07, 6.45) is 0.780. The van der Waals surface area contributed by atoms with E-state index in [0.29, 0.717) is 5.69 Å². The Morgan fingerprint density at radius 1 is 1.18 bits per heavy atom. The van der Waals surface area contributed by atoms with Gasteiger partial charge < -0.3 is 14.8 Å². The average molecular weight is 379 g/mol. The summed E-state index contributed by atoms with van der Waals surface area (Å²) in [5, 5.41) is 12.4. The molecule has 148 valence electrons. The minimum atomic E-state index is -0.502. The molecule has 0 saturated heterocycles. The molecule has 0 N–H and O–H groups in total. The average Bonchev–Trinajstić information content (AvgIpc) is 2.61. The molecular weight excluding hydrogens is 348 g/mol. The highest BCUT2D eigenvalue weighted by atomic mass is 16.5. The molecule has 0 heterocycles. The molecule has 2 aromatic carbocycles. The molecule has 0 aliphatic carbocycles. The summed E-state index contributed by atoms with van der Waals surface area (Å²) in [5.74, 6) is 6.29. The number of hydrogen-bond donors (Lipinski definition) is 0. The van der Waals surface area contributed by atoms with E-state index in [4.69, 9.17) is 0 Å². The number of aryl methyl sites for hydroxylation is 2. The molecule has 0 fully saturated rings. The Labute approximate surface area is 169 Å². The second kappa shape index (κ2) is 8.60. The van der Waals surface area contributed by atoms with E-state index in [-0.39, 0.29) is 11.9 Å². The van der Waals surface area contributed by atoms with Crippen LogP contribution >= 0.6 is 0 Å². The Bertz CT molecular complexity index is 930. The van der Waals surface area contributed by atoms with E-state index in [0.717, 1.165) is 34.4 Å². The number of anilines is 1. The van der Waals surface area contributed by atoms with Gasteiger partial charge in [-0.1, -0.05) is 37.0 Å². The molecule has 4 nitrogen and oxygen atoms in total. The summed E-state index contributed by atoms with van der Waals surface area (Å²) in [7, 11) is 3.21. The number of rotatable bonds is 4. The van der Waals surface area contributed by atoms with Gasteiger partial charge >= 0.3 is 0 Å². The molecule has 28 heavy (non-hydrogen) atoms. The van der Waals surface area contributed by atoms with Gasteiger partial charge in [0.15, 0.2) is 0 Å². The largest absolute Gasteiger partial charge is 0.628 e. The predicted molar refractivity (Wildman–Crippen MR) is 118 cm³/mol. The minimum absolute atomic E-state index is 0.0446. The van der Waals surface area contributed by atoms with Crippen LogP contribution in [0.15, 0.2) is 36.4 Å². The smallest absolute Gasteiger partial charge is 0.224 e. The fourth-order valence-corrected chi connectivity index (χ4v) is 3.57. The van der Waals surface area contributed by atoms with Gasteiger partial charge in [-0.3, -0.25) is 4.79 Å². The Morgan fingerprint density at radius 3 is 2.39 bits per heavy atom. The predicted octanol–water partition coefficient (Wildman–Crippen LogP) is 5.24. The van der Waals surface area contributed by atoms with Gasteiger partial charge in [0.1, 0.15) is 5.69 Å². The van der Waals surface area contributed by atoms with Gasteiger partial charge in [-0.2, -0.15) is 0 Å². The van der Waals surface area contributed by atoms with Crippen molar-refractivity contribution in [3.8, 4) is 11.8 Å². The van der Waals surface area contributed by atoms with Crippen molar-refractivity contribution in [3.63, 3.8) is 0 Å². The molecule has 2 aromatic rings. The molecule has 0 radical (unpaired) electrons. The third-order valence-electron chi connectivity index (χ3n) is 4.89. The van der Waals surface area contributed by atoms with Crippen LogP contribution < -0.4 is 9.55 Å². The van der Waals surface area contributed by atoms with Gasteiger partial charge in [0, 0.05) is 36.2 Å². The van der Waals surface area contributed by atoms with E-state index in [1.165, 1.54) is 0 Å². The maximum Gasteiger partial charge on any atom is 0.224 e. The lowest BCUT2D eigenvalue weighted by atomic mass is 9.98. The summed E-state index contributed by atoms with van der Waals surface area (Å²) in [4.78, 5) is 14.4. The van der Waals surface area contributed by atoms with Crippen LogP contribution in [-0.4, -0.2) is 20.0 Å². The van der Waals surface area contributed by atoms with E-state index in [1.54, 1.807) is 25.9 Å². The number of hydrogen-bond acceptors (Lipinski definition) is 2. The summed E-state index contributed by atoms with van der Waals surface area (Å²) >= 11 is 0. The summed E-state index contributed by atoms with van der Waals surface area (Å²) in [5.41, 5.74) is 5.26. The molecular formula is C24H30N2O2. The van der Waals surface area contributed by atoms with Crippen molar-refractivity contribution in [2.45, 2.75) is 47.1 Å². The lowest BCUT2D eigenvalue weighted by Crippen LogP contribution is -2.35. The maximum absolute atomic E-state index is 12.7. The third kappa shape index (κ3) is 4.62. The molecule has 0 saturated carbocycles. The van der Waals surface area contributed by atoms with Crippen molar-refractivity contribution < 1.29 is 4.79 Å². The molecule has 0 aliphatic heterocycles. The number of carbonyl (C=O) groups excluding carboxylic acids is 1. The number of nitrogens with zero attached hydrogens (tertiary/aromatic N) is 2. The van der Waals surface area contributed by atoms with Gasteiger partial charge in [0.05, 0.1) is 20.1 Å². The first kappa shape index (κ1) is 21.7. The van der Waals surface area contributed by atoms with Crippen LogP contribution in [-0.2, 0) is 4.79 Å². The first-order valence-corrected chi connectivity index (χ1v) is 9.62. The maximum atomic E-state index is 12.7. The second-order valence-electron chi connectivity index (χ2n) is 7.58. The van der Waals surface area contributed by atoms with Crippen LogP contribution in [0.1, 0.15) is 55.5 Å². The van der Waals surface area contributed by atoms with Crippen molar-refractivity contribution >= 4 is 17.3 Å². The number of quaternary nitrogens is 1. The lowest BCUT2D eigenvalue weighted by Gasteiger charge is -2.36. The van der Waals surface area contributed by atoms with Crippen LogP contribution in [0.25, 0.3) is 0 Å². The lowest BCUT2D eigenvalue weighted by molar-refractivity contribution is -0.117. The van der Waals surface area contributed by atoms with Crippen LogP contribution in [0.5, 0.6) is 0 Å². The Morgan fingerprint density at radius 2 is 1.82 bits per heavy atom. The monoisotopic (exact) mass is 378 g/mol. The Hall–Kier alpha value is -2.61. The van der Waals surface area contributed by atoms with Gasteiger partial charge in [0.2, 0.25) is 5.91 Å². The molecule has 0 spiro atoms. The number of hydroxylamine groups is 2. The highest BCUT2D eigenvalue weighted by Gasteiger charge is 2.25. The quantitative estimate of drug-likeness (QED) is 0.415. The fourth-order valence-electron chi connectivity index (χ4n) is 3.57. The molecule has 0 aliphatic rings. The second-order valence-corrected chi connectivity index (χ2v) is 7.58. The zero-order chi connectivity index (χ0) is 21.1. The van der Waals surface area contributed by atoms with Gasteiger partial charge in [-0.05, 0) is 44.0 Å². The molecule has 1 amide bonds. The van der Waals surface area contributed by atoms with Gasteiger partial charge in [-0.25, -0.2) is 0 Å². The molecule has 0 aromatic heterocycles. The summed E-state index contributed by atoms with van der Waals surface area (Å²) < 4.78 is -0.502. The Balaban J connectivity index is 2.59. The standard InChI is InChI=1S/C24H30N2O2/c1-8-9-12-21-13-10-11-14-22(21)19(4)25(20(5)27)23-15-18(3)24(16-17(23)2)26(6,7)28/h10-11,13-16,19H,8H2,1-7H3/t19-/m1/s1. The van der Waals surface area contributed by atoms with Crippen molar-refractivity contribution in [2.24, 2.45) is 0 Å². The Kier molecular flexibility index (Phi) is 6.66. The summed E-state index contributed by atoms with van der Waals surface area (Å²) in [6, 6.07) is 11.6. The molecule has 4 heteroatoms. The minimum Gasteiger partial charge on any atom is -0.628 e. The van der Waals surface area contributed by atoms with E-state index in [1.807, 2.05) is 64.1 Å². The first-order valence-electron chi connectivity index (χ1n) is 9.62. The molecule has 0 bridgehead atoms. The van der Waals surface area contributed by atoms with Gasteiger partial charge in [-0.15, -0.1) is 0 Å². The SMILES string of the molecule is CCC#Cc1ccccc1[C@@H](C)N(C(C)=O)c1cc(C)c([N+](C)(C)[O-])cc1C. The van der Waals surface area contributed by atoms with Crippen LogP contribution in [0, 0.1) is 30.9 Å². The van der Waals surface area contributed by atoms with E-state index < -0.39 is 4.65 Å². The van der Waals surface area contributed by atoms with Crippen molar-refractivity contribution in [1.29, 1.82) is 0 Å². The van der Waals surface area contributed by atoms with Crippen molar-refractivity contribution in [2.75, 3.05) is 19.0 Å². The highest BCUT2D eigenvalue weighted by Crippen LogP contribution is 2.36. The van der Waals surface area contributed by atoms with Gasteiger partial charge in [0.25, 0.3) is 0 Å². The van der Waals surface area contributed by atoms with Crippen LogP contribution in [0.2, 0.25) is 0 Å². The van der Waals surface area contributed by atoms with Crippen LogP contribution in [0.4, 0.5) is 11.4 Å². The van der Waals surface area contributed by atoms with Crippen LogP contribution in [0.3, 0.4) is 0 Å². The summed E-state index contributed by atoms with van der Waals surface area (Å²) in [6.45, 7) is 9.47. The molecule has 2 rings (SSSR count). The molecule has 0 unspecified atom stereocenters. The van der Waals surface area contributed by atoms with Crippen molar-refractivity contribution in [1.82, 2.24) is 4.65 Å². The van der Waals surface area contributed by atoms with Crippen molar-refractivity contribution in [3.05, 3.63) is 63.9 Å². The zero-order valence-electron chi connectivity index (χ0n) is 18.0. The third-order valence-corrected chi connectivity index (χ3v) is 4.89. The topological polar surface area (TPSA) is 43.4 Å². The number of benzene rings is 2. The van der Waals surface area contributed by atoms with E-state index >= 15 is 0 Å². The normalized spacial score (nSPS) is 12.1. The van der Waals surface area contributed by atoms with E-state index in [2.05, 4.69) is 11.8 Å². The molecule has 1 atom stereocenters. The number of amides is 1. The fraction of sp³-hybridized carbons (Fsp3) is 0.375. The first-order chi connectivity index (χ1) is 13.1. The highest BCUT2D eigenvalue weighted by molar-refractivity contribution is 5.93. The zero-order valence-corrected chi connectivity index (χ0v) is 18.0. The van der Waals surface area contributed by atoms with E-state index in [9.17, 15) is 10.0 Å².